The first-order chi connectivity index (χ1) is 4.50. The van der Waals surface area contributed by atoms with Crippen LogP contribution in [0, 0.1) is 0 Å². The highest BCUT2D eigenvalue weighted by molar-refractivity contribution is 6.27. The third-order valence-electron chi connectivity index (χ3n) is 1.24. The summed E-state index contributed by atoms with van der Waals surface area (Å²) >= 11 is 5.49. The molecule has 0 aromatic carbocycles. The third kappa shape index (κ3) is 1.51. The van der Waals surface area contributed by atoms with Gasteiger partial charge in [-0.3, -0.25) is 0 Å². The van der Waals surface area contributed by atoms with Crippen molar-refractivity contribution < 1.29 is 4.42 Å². The van der Waals surface area contributed by atoms with Gasteiger partial charge < -0.3 is 4.42 Å². The van der Waals surface area contributed by atoms with Crippen LogP contribution in [0.25, 0.3) is 0 Å². The molecule has 0 saturated carbocycles. The Kier molecular flexibility index (Phi) is 1.73. The van der Waals surface area contributed by atoms with Gasteiger partial charge in [0.05, 0.1) is 5.69 Å². The molecule has 10 heavy (non-hydrogen) atoms. The number of hydrogen-bond donors (Lipinski definition) is 0. The van der Waals surface area contributed by atoms with E-state index in [0.717, 1.165) is 5.69 Å². The van der Waals surface area contributed by atoms with Crippen molar-refractivity contribution >= 4 is 11.6 Å². The van der Waals surface area contributed by atoms with E-state index in [2.05, 4.69) is 25.8 Å². The molecule has 0 atom stereocenters. The largest absolute Gasteiger partial charge is 0.436 e. The monoisotopic (exact) mass is 159 g/mol. The smallest absolute Gasteiger partial charge is 0.292 e. The van der Waals surface area contributed by atoms with E-state index in [1.807, 2.05) is 0 Å². The zero-order valence-corrected chi connectivity index (χ0v) is 7.07. The highest BCUT2D eigenvalue weighted by Crippen LogP contribution is 2.22. The molecule has 0 bridgehead atoms. The molecule has 0 spiro atoms. The number of aromatic nitrogens is 1. The minimum absolute atomic E-state index is 0.0244. The van der Waals surface area contributed by atoms with Gasteiger partial charge in [-0.15, -0.1) is 0 Å². The summed E-state index contributed by atoms with van der Waals surface area (Å²) in [7, 11) is 0. The predicted octanol–water partition coefficient (Wildman–Crippen LogP) is 2.63. The van der Waals surface area contributed by atoms with Crippen molar-refractivity contribution in [2.75, 3.05) is 0 Å². The first-order valence-electron chi connectivity index (χ1n) is 3.11. The number of oxazole rings is 1. The van der Waals surface area contributed by atoms with Crippen molar-refractivity contribution in [3.8, 4) is 0 Å². The first kappa shape index (κ1) is 7.61. The minimum atomic E-state index is 0.0244. The lowest BCUT2D eigenvalue weighted by Crippen LogP contribution is -2.10. The second-order valence-electron chi connectivity index (χ2n) is 3.24. The molecule has 0 aliphatic carbocycles. The van der Waals surface area contributed by atoms with Crippen molar-refractivity contribution in [3.63, 3.8) is 0 Å². The molecule has 0 aliphatic heterocycles. The zero-order chi connectivity index (χ0) is 7.78. The molecular weight excluding hydrogens is 150 g/mol. The summed E-state index contributed by atoms with van der Waals surface area (Å²) in [4.78, 5) is 3.98. The van der Waals surface area contributed by atoms with Crippen molar-refractivity contribution in [2.45, 2.75) is 26.2 Å². The Balaban J connectivity index is 2.96. The quantitative estimate of drug-likeness (QED) is 0.582. The van der Waals surface area contributed by atoms with E-state index in [9.17, 15) is 0 Å². The zero-order valence-electron chi connectivity index (χ0n) is 6.31. The Bertz CT molecular complexity index is 224. The molecule has 2 nitrogen and oxygen atoms in total. The summed E-state index contributed by atoms with van der Waals surface area (Å²) in [6.45, 7) is 6.17. The molecule has 0 saturated heterocycles. The maximum atomic E-state index is 5.49. The normalized spacial score (nSPS) is 12.0. The minimum Gasteiger partial charge on any atom is -0.436 e. The Hall–Kier alpha value is -0.500. The topological polar surface area (TPSA) is 26.0 Å². The van der Waals surface area contributed by atoms with Crippen LogP contribution in [0.4, 0.5) is 0 Å². The fourth-order valence-electron chi connectivity index (χ4n) is 0.596. The summed E-state index contributed by atoms with van der Waals surface area (Å²) < 4.78 is 4.85. The van der Waals surface area contributed by atoms with Crippen LogP contribution in [-0.4, -0.2) is 4.98 Å². The van der Waals surface area contributed by atoms with E-state index in [0.29, 0.717) is 0 Å². The van der Waals surface area contributed by atoms with Gasteiger partial charge >= 0.3 is 0 Å². The van der Waals surface area contributed by atoms with Gasteiger partial charge in [0.15, 0.2) is 0 Å². The van der Waals surface area contributed by atoms with Gasteiger partial charge in [-0.1, -0.05) is 20.8 Å². The molecule has 0 unspecified atom stereocenters. The molecule has 1 rings (SSSR count). The van der Waals surface area contributed by atoms with E-state index in [1.54, 1.807) is 6.26 Å². The fraction of sp³-hybridized carbons (Fsp3) is 0.571. The lowest BCUT2D eigenvalue weighted by atomic mass is 9.93. The Morgan fingerprint density at radius 3 is 2.30 bits per heavy atom. The molecule has 0 N–H and O–H groups in total. The van der Waals surface area contributed by atoms with Crippen LogP contribution in [0.5, 0.6) is 0 Å². The molecule has 0 amide bonds. The van der Waals surface area contributed by atoms with Crippen LogP contribution in [0.3, 0.4) is 0 Å². The molecule has 3 heteroatoms. The molecule has 0 radical (unpaired) electrons. The van der Waals surface area contributed by atoms with Crippen molar-refractivity contribution in [2.24, 2.45) is 0 Å². The van der Waals surface area contributed by atoms with Crippen LogP contribution in [-0.2, 0) is 5.41 Å². The first-order valence-corrected chi connectivity index (χ1v) is 3.49. The van der Waals surface area contributed by atoms with Gasteiger partial charge in [0, 0.05) is 5.41 Å². The SMILES string of the molecule is CC(C)(C)c1coc(Cl)n1. The van der Waals surface area contributed by atoms with Crippen LogP contribution >= 0.6 is 11.6 Å². The van der Waals surface area contributed by atoms with Gasteiger partial charge in [0.2, 0.25) is 0 Å². The lowest BCUT2D eigenvalue weighted by molar-refractivity contribution is 0.538. The summed E-state index contributed by atoms with van der Waals surface area (Å²) in [6, 6.07) is 0. The predicted molar refractivity (Wildman–Crippen MR) is 40.2 cm³/mol. The Labute approximate surface area is 65.2 Å². The molecule has 56 valence electrons. The molecule has 0 aliphatic rings. The highest BCUT2D eigenvalue weighted by Gasteiger charge is 2.17. The second kappa shape index (κ2) is 2.27. The molecule has 1 aromatic rings. The van der Waals surface area contributed by atoms with Crippen molar-refractivity contribution in [1.82, 2.24) is 4.98 Å². The Morgan fingerprint density at radius 2 is 2.10 bits per heavy atom. The van der Waals surface area contributed by atoms with Gasteiger partial charge in [-0.05, 0) is 11.6 Å². The molecule has 0 fully saturated rings. The maximum Gasteiger partial charge on any atom is 0.292 e. The van der Waals surface area contributed by atoms with E-state index in [1.165, 1.54) is 0 Å². The summed E-state index contributed by atoms with van der Waals surface area (Å²) in [5.41, 5.74) is 0.911. The maximum absolute atomic E-state index is 5.49. The van der Waals surface area contributed by atoms with Crippen LogP contribution in [0.1, 0.15) is 26.5 Å². The standard InChI is InChI=1S/C7H10ClNO/c1-7(2,3)5-4-10-6(8)9-5/h4H,1-3H3. The highest BCUT2D eigenvalue weighted by atomic mass is 35.5. The van der Waals surface area contributed by atoms with E-state index in [-0.39, 0.29) is 10.8 Å². The number of hydrogen-bond acceptors (Lipinski definition) is 2. The van der Waals surface area contributed by atoms with Gasteiger partial charge in [-0.25, -0.2) is 4.98 Å². The average molecular weight is 160 g/mol. The van der Waals surface area contributed by atoms with Gasteiger partial charge in [0.1, 0.15) is 6.26 Å². The van der Waals surface area contributed by atoms with Crippen molar-refractivity contribution in [3.05, 3.63) is 17.3 Å². The van der Waals surface area contributed by atoms with Crippen LogP contribution in [0.2, 0.25) is 5.35 Å². The van der Waals surface area contributed by atoms with Gasteiger partial charge in [-0.2, -0.15) is 0 Å². The van der Waals surface area contributed by atoms with Gasteiger partial charge in [0.25, 0.3) is 5.35 Å². The van der Waals surface area contributed by atoms with E-state index < -0.39 is 0 Å². The van der Waals surface area contributed by atoms with E-state index in [4.69, 9.17) is 16.0 Å². The number of halogens is 1. The number of nitrogens with zero attached hydrogens (tertiary/aromatic N) is 1. The second-order valence-corrected chi connectivity index (χ2v) is 3.56. The molecule has 1 aromatic heterocycles. The Morgan fingerprint density at radius 1 is 1.50 bits per heavy atom. The molecular formula is C7H10ClNO. The number of rotatable bonds is 0. The van der Waals surface area contributed by atoms with Crippen LogP contribution < -0.4 is 0 Å². The molecule has 1 heterocycles. The van der Waals surface area contributed by atoms with Crippen molar-refractivity contribution in [1.29, 1.82) is 0 Å². The fourth-order valence-corrected chi connectivity index (χ4v) is 0.732. The van der Waals surface area contributed by atoms with Crippen LogP contribution in [0.15, 0.2) is 10.7 Å². The lowest BCUT2D eigenvalue weighted by Gasteiger charge is -2.12. The van der Waals surface area contributed by atoms with E-state index >= 15 is 0 Å². The third-order valence-corrected chi connectivity index (χ3v) is 1.42. The summed E-state index contributed by atoms with van der Waals surface area (Å²) in [5, 5.41) is 0.213. The average Bonchev–Trinajstić information content (AvgIpc) is 2.11. The summed E-state index contributed by atoms with van der Waals surface area (Å²) in [6.07, 6.45) is 1.59. The summed E-state index contributed by atoms with van der Waals surface area (Å²) in [5.74, 6) is 0.